The van der Waals surface area contributed by atoms with Gasteiger partial charge in [0.15, 0.2) is 5.52 Å². The van der Waals surface area contributed by atoms with Gasteiger partial charge in [-0.1, -0.05) is 43.2 Å². The van der Waals surface area contributed by atoms with Crippen molar-refractivity contribution in [1.82, 2.24) is 23.8 Å². The van der Waals surface area contributed by atoms with Crippen LogP contribution < -0.4 is 11.2 Å². The Morgan fingerprint density at radius 3 is 2.29 bits per heavy atom. The number of amides is 1. The molecule has 31 heavy (non-hydrogen) atoms. The summed E-state index contributed by atoms with van der Waals surface area (Å²) in [6, 6.07) is 9.40. The van der Waals surface area contributed by atoms with E-state index in [0.29, 0.717) is 36.4 Å². The summed E-state index contributed by atoms with van der Waals surface area (Å²) in [7, 11) is 0. The van der Waals surface area contributed by atoms with Crippen molar-refractivity contribution in [2.75, 3.05) is 13.1 Å². The van der Waals surface area contributed by atoms with Crippen LogP contribution in [-0.2, 0) is 24.4 Å². The Labute approximate surface area is 180 Å². The van der Waals surface area contributed by atoms with E-state index in [1.54, 1.807) is 11.6 Å². The molecule has 0 aliphatic carbocycles. The highest BCUT2D eigenvalue weighted by molar-refractivity contribution is 5.81. The molecule has 8 heteroatoms. The molecule has 0 bridgehead atoms. The molecule has 1 saturated heterocycles. The Kier molecular flexibility index (Phi) is 6.06. The van der Waals surface area contributed by atoms with Gasteiger partial charge in [0.1, 0.15) is 12.1 Å². The van der Waals surface area contributed by atoms with E-state index in [9.17, 15) is 14.4 Å². The minimum atomic E-state index is -0.469. The minimum Gasteiger partial charge on any atom is -0.341 e. The van der Waals surface area contributed by atoms with Gasteiger partial charge in [-0.15, -0.1) is 0 Å². The second-order valence-corrected chi connectivity index (χ2v) is 8.14. The number of fused-ring (bicyclic) bond motifs is 1. The Bertz CT molecular complexity index is 1200. The number of aryl methyl sites for hydroxylation is 2. The van der Waals surface area contributed by atoms with Crippen LogP contribution in [0.3, 0.4) is 0 Å². The maximum Gasteiger partial charge on any atom is 0.332 e. The molecule has 0 unspecified atom stereocenters. The Morgan fingerprint density at radius 2 is 1.65 bits per heavy atom. The lowest BCUT2D eigenvalue weighted by atomic mass is 10.2. The van der Waals surface area contributed by atoms with Crippen LogP contribution in [0.15, 0.2) is 39.9 Å². The number of rotatable bonds is 5. The molecule has 2 aromatic heterocycles. The molecule has 0 saturated carbocycles. The zero-order valence-electron chi connectivity index (χ0n) is 18.2. The quantitative estimate of drug-likeness (QED) is 0.630. The minimum absolute atomic E-state index is 0.0827. The molecular formula is C23H29N5O3. The van der Waals surface area contributed by atoms with Gasteiger partial charge in [-0.25, -0.2) is 4.79 Å². The van der Waals surface area contributed by atoms with Crippen molar-refractivity contribution in [3.63, 3.8) is 0 Å². The van der Waals surface area contributed by atoms with Gasteiger partial charge in [-0.05, 0) is 32.3 Å². The van der Waals surface area contributed by atoms with Gasteiger partial charge in [-0.3, -0.25) is 23.4 Å². The lowest BCUT2D eigenvalue weighted by Crippen LogP contribution is -2.44. The maximum absolute atomic E-state index is 13.5. The molecule has 8 nitrogen and oxygen atoms in total. The normalized spacial score (nSPS) is 14.7. The molecule has 3 aromatic rings. The van der Waals surface area contributed by atoms with E-state index in [-0.39, 0.29) is 24.6 Å². The van der Waals surface area contributed by atoms with Crippen molar-refractivity contribution in [3.8, 4) is 0 Å². The largest absolute Gasteiger partial charge is 0.341 e. The molecule has 0 radical (unpaired) electrons. The zero-order chi connectivity index (χ0) is 22.0. The molecule has 0 atom stereocenters. The second kappa shape index (κ2) is 8.91. The predicted molar refractivity (Wildman–Crippen MR) is 119 cm³/mol. The van der Waals surface area contributed by atoms with Crippen molar-refractivity contribution >= 4 is 16.9 Å². The van der Waals surface area contributed by atoms with Crippen LogP contribution in [0.4, 0.5) is 0 Å². The third kappa shape index (κ3) is 4.06. The monoisotopic (exact) mass is 423 g/mol. The van der Waals surface area contributed by atoms with Gasteiger partial charge >= 0.3 is 5.69 Å². The molecule has 1 fully saturated rings. The topological polar surface area (TPSA) is 82.1 Å². The standard InChI is InChI=1S/C23H29N5O3/c1-3-28-21-20(17(2)24-28)26(16-19(29)25-13-9-4-5-10-14-25)23(31)27(22(21)30)15-18-11-7-6-8-12-18/h6-8,11-12H,3-5,9-10,13-16H2,1-2H3. The average molecular weight is 424 g/mol. The molecule has 3 heterocycles. The first-order valence-corrected chi connectivity index (χ1v) is 11.0. The highest BCUT2D eigenvalue weighted by Crippen LogP contribution is 2.15. The lowest BCUT2D eigenvalue weighted by Gasteiger charge is -2.21. The van der Waals surface area contributed by atoms with Crippen molar-refractivity contribution in [2.24, 2.45) is 0 Å². The second-order valence-electron chi connectivity index (χ2n) is 8.14. The lowest BCUT2D eigenvalue weighted by molar-refractivity contribution is -0.131. The van der Waals surface area contributed by atoms with Gasteiger partial charge in [0.05, 0.1) is 12.2 Å². The van der Waals surface area contributed by atoms with Crippen molar-refractivity contribution in [3.05, 3.63) is 62.4 Å². The van der Waals surface area contributed by atoms with E-state index < -0.39 is 5.69 Å². The van der Waals surface area contributed by atoms with Gasteiger partial charge in [0.2, 0.25) is 5.91 Å². The van der Waals surface area contributed by atoms with Crippen LogP contribution in [0, 0.1) is 6.92 Å². The molecule has 1 aliphatic rings. The fourth-order valence-corrected chi connectivity index (χ4v) is 4.40. The summed E-state index contributed by atoms with van der Waals surface area (Å²) in [6.07, 6.45) is 4.21. The fraction of sp³-hybridized carbons (Fsp3) is 0.478. The number of nitrogens with zero attached hydrogens (tertiary/aromatic N) is 5. The van der Waals surface area contributed by atoms with Crippen molar-refractivity contribution < 1.29 is 4.79 Å². The van der Waals surface area contributed by atoms with Crippen molar-refractivity contribution in [1.29, 1.82) is 0 Å². The summed E-state index contributed by atoms with van der Waals surface area (Å²) in [5.41, 5.74) is 1.43. The third-order valence-electron chi connectivity index (χ3n) is 6.01. The van der Waals surface area contributed by atoms with E-state index in [0.717, 1.165) is 31.2 Å². The maximum atomic E-state index is 13.5. The van der Waals surface area contributed by atoms with Crippen LogP contribution in [0.1, 0.15) is 43.9 Å². The molecule has 0 spiro atoms. The average Bonchev–Trinajstić information content (AvgIpc) is 2.94. The Balaban J connectivity index is 1.84. The Hall–Kier alpha value is -3.16. The zero-order valence-corrected chi connectivity index (χ0v) is 18.2. The third-order valence-corrected chi connectivity index (χ3v) is 6.01. The number of carbonyl (C=O) groups is 1. The van der Waals surface area contributed by atoms with E-state index >= 15 is 0 Å². The van der Waals surface area contributed by atoms with Crippen LogP contribution >= 0.6 is 0 Å². The first-order chi connectivity index (χ1) is 15.0. The first kappa shape index (κ1) is 21.1. The summed E-state index contributed by atoms with van der Waals surface area (Å²) in [5, 5.41) is 4.47. The smallest absolute Gasteiger partial charge is 0.332 e. The van der Waals surface area contributed by atoms with E-state index in [4.69, 9.17) is 0 Å². The number of hydrogen-bond acceptors (Lipinski definition) is 4. The van der Waals surface area contributed by atoms with E-state index in [1.165, 1.54) is 9.13 Å². The molecule has 164 valence electrons. The van der Waals surface area contributed by atoms with E-state index in [2.05, 4.69) is 5.10 Å². The molecule has 1 aliphatic heterocycles. The summed E-state index contributed by atoms with van der Waals surface area (Å²) in [5.74, 6) is -0.0844. The Morgan fingerprint density at radius 1 is 0.968 bits per heavy atom. The van der Waals surface area contributed by atoms with Crippen molar-refractivity contribution in [2.45, 2.75) is 59.2 Å². The summed E-state index contributed by atoms with van der Waals surface area (Å²) in [6.45, 7) is 5.69. The predicted octanol–water partition coefficient (Wildman–Crippen LogP) is 2.14. The van der Waals surface area contributed by atoms with Gasteiger partial charge in [-0.2, -0.15) is 5.10 Å². The molecule has 4 rings (SSSR count). The summed E-state index contributed by atoms with van der Waals surface area (Å²) < 4.78 is 4.29. The number of hydrogen-bond donors (Lipinski definition) is 0. The molecular weight excluding hydrogens is 394 g/mol. The highest BCUT2D eigenvalue weighted by atomic mass is 16.2. The summed E-state index contributed by atoms with van der Waals surface area (Å²) in [4.78, 5) is 41.7. The van der Waals surface area contributed by atoms with Gasteiger partial charge < -0.3 is 4.90 Å². The first-order valence-electron chi connectivity index (χ1n) is 11.0. The fourth-order valence-electron chi connectivity index (χ4n) is 4.40. The number of likely N-dealkylation sites (tertiary alicyclic amines) is 1. The van der Waals surface area contributed by atoms with Crippen LogP contribution in [0.5, 0.6) is 0 Å². The van der Waals surface area contributed by atoms with Gasteiger partial charge in [0.25, 0.3) is 5.56 Å². The molecule has 1 amide bonds. The highest BCUT2D eigenvalue weighted by Gasteiger charge is 2.23. The number of carbonyl (C=O) groups excluding carboxylic acids is 1. The van der Waals surface area contributed by atoms with Gasteiger partial charge in [0, 0.05) is 19.6 Å². The molecule has 1 aromatic carbocycles. The number of benzene rings is 1. The SMILES string of the molecule is CCn1nc(C)c2c1c(=O)n(Cc1ccccc1)c(=O)n2CC(=O)N1CCCCCC1. The molecule has 0 N–H and O–H groups in total. The van der Waals surface area contributed by atoms with E-state index in [1.807, 2.05) is 42.2 Å². The summed E-state index contributed by atoms with van der Waals surface area (Å²) >= 11 is 0. The number of aromatic nitrogens is 4. The van der Waals surface area contributed by atoms with Crippen LogP contribution in [0.2, 0.25) is 0 Å². The van der Waals surface area contributed by atoms with Crippen LogP contribution in [-0.4, -0.2) is 42.8 Å². The van der Waals surface area contributed by atoms with Crippen LogP contribution in [0.25, 0.3) is 11.0 Å².